The van der Waals surface area contributed by atoms with Crippen LogP contribution >= 0.6 is 0 Å². The number of phenols is 1. The van der Waals surface area contributed by atoms with Crippen molar-refractivity contribution in [1.29, 1.82) is 0 Å². The molecular weight excluding hydrogens is 244 g/mol. The fourth-order valence-electron chi connectivity index (χ4n) is 2.88. The molecule has 1 nitrogen and oxygen atoms in total. The van der Waals surface area contributed by atoms with Crippen molar-refractivity contribution in [2.45, 2.75) is 45.4 Å². The maximum atomic E-state index is 10.4. The van der Waals surface area contributed by atoms with Crippen LogP contribution in [0.2, 0.25) is 0 Å². The smallest absolute Gasteiger partial charge is 0.119 e. The molecule has 1 N–H and O–H groups in total. The lowest BCUT2D eigenvalue weighted by Crippen LogP contribution is -2.23. The predicted molar refractivity (Wildman–Crippen MR) is 85.3 cm³/mol. The van der Waals surface area contributed by atoms with Crippen molar-refractivity contribution in [2.75, 3.05) is 0 Å². The lowest BCUT2D eigenvalue weighted by atomic mass is 9.72. The zero-order valence-corrected chi connectivity index (χ0v) is 12.7. The lowest BCUT2D eigenvalue weighted by Gasteiger charge is -2.32. The van der Waals surface area contributed by atoms with E-state index in [2.05, 4.69) is 50.2 Å². The average molecular weight is 268 g/mol. The number of phenolic OH excluding ortho intramolecular Hbond substituents is 1. The van der Waals surface area contributed by atoms with Gasteiger partial charge in [-0.15, -0.1) is 0 Å². The van der Waals surface area contributed by atoms with Gasteiger partial charge in [0.15, 0.2) is 0 Å². The topological polar surface area (TPSA) is 20.2 Å². The molecule has 0 saturated heterocycles. The molecule has 0 fully saturated rings. The highest BCUT2D eigenvalue weighted by molar-refractivity contribution is 5.47. The summed E-state index contributed by atoms with van der Waals surface area (Å²) in [7, 11) is 0. The number of hydrogen-bond donors (Lipinski definition) is 1. The summed E-state index contributed by atoms with van der Waals surface area (Å²) in [6, 6.07) is 16.5. The van der Waals surface area contributed by atoms with Crippen molar-refractivity contribution in [3.8, 4) is 5.75 Å². The standard InChI is InChI=1S/C19H24O/c1-4-5-13-19(3,16-9-7-6-8-10-16)17-12-11-15(2)14-18(17)20/h6-12,14,20H,4-5,13H2,1-3H3. The molecule has 1 heteroatoms. The highest BCUT2D eigenvalue weighted by Crippen LogP contribution is 2.41. The largest absolute Gasteiger partial charge is 0.508 e. The Morgan fingerprint density at radius 3 is 2.35 bits per heavy atom. The molecule has 0 aliphatic carbocycles. The summed E-state index contributed by atoms with van der Waals surface area (Å²) in [5, 5.41) is 10.4. The van der Waals surface area contributed by atoms with Gasteiger partial charge in [0, 0.05) is 11.0 Å². The molecule has 0 radical (unpaired) electrons. The first kappa shape index (κ1) is 14.6. The Hall–Kier alpha value is -1.76. The van der Waals surface area contributed by atoms with Gasteiger partial charge >= 0.3 is 0 Å². The molecule has 1 unspecified atom stereocenters. The van der Waals surface area contributed by atoms with E-state index in [4.69, 9.17) is 0 Å². The number of hydrogen-bond acceptors (Lipinski definition) is 1. The Morgan fingerprint density at radius 1 is 1.05 bits per heavy atom. The highest BCUT2D eigenvalue weighted by atomic mass is 16.3. The monoisotopic (exact) mass is 268 g/mol. The van der Waals surface area contributed by atoms with Gasteiger partial charge in [0.2, 0.25) is 0 Å². The quantitative estimate of drug-likeness (QED) is 0.790. The Morgan fingerprint density at radius 2 is 1.75 bits per heavy atom. The van der Waals surface area contributed by atoms with Gasteiger partial charge in [-0.1, -0.05) is 69.2 Å². The van der Waals surface area contributed by atoms with E-state index in [1.165, 1.54) is 5.56 Å². The van der Waals surface area contributed by atoms with Crippen LogP contribution in [-0.4, -0.2) is 5.11 Å². The molecule has 0 heterocycles. The van der Waals surface area contributed by atoms with Gasteiger partial charge in [0.05, 0.1) is 0 Å². The van der Waals surface area contributed by atoms with Gasteiger partial charge in [0.25, 0.3) is 0 Å². The van der Waals surface area contributed by atoms with E-state index < -0.39 is 0 Å². The third-order valence-corrected chi connectivity index (χ3v) is 4.19. The molecule has 0 saturated carbocycles. The van der Waals surface area contributed by atoms with Crippen molar-refractivity contribution in [2.24, 2.45) is 0 Å². The molecule has 2 aromatic carbocycles. The lowest BCUT2D eigenvalue weighted by molar-refractivity contribution is 0.428. The molecule has 0 amide bonds. The molecular formula is C19H24O. The van der Waals surface area contributed by atoms with Gasteiger partial charge in [0.1, 0.15) is 5.75 Å². The normalized spacial score (nSPS) is 13.9. The average Bonchev–Trinajstić information content (AvgIpc) is 2.45. The van der Waals surface area contributed by atoms with E-state index in [0.717, 1.165) is 30.4 Å². The minimum absolute atomic E-state index is 0.130. The molecule has 0 aliphatic heterocycles. The van der Waals surface area contributed by atoms with Crippen LogP contribution in [0.25, 0.3) is 0 Å². The minimum atomic E-state index is -0.130. The van der Waals surface area contributed by atoms with E-state index in [-0.39, 0.29) is 5.41 Å². The SMILES string of the molecule is CCCCC(C)(c1ccccc1)c1ccc(C)cc1O. The summed E-state index contributed by atoms with van der Waals surface area (Å²) >= 11 is 0. The maximum absolute atomic E-state index is 10.4. The van der Waals surface area contributed by atoms with Crippen LogP contribution in [0.3, 0.4) is 0 Å². The molecule has 0 aliphatic rings. The fraction of sp³-hybridized carbons (Fsp3) is 0.368. The van der Waals surface area contributed by atoms with Crippen molar-refractivity contribution >= 4 is 0 Å². The van der Waals surface area contributed by atoms with Gasteiger partial charge in [-0.25, -0.2) is 0 Å². The molecule has 1 atom stereocenters. The van der Waals surface area contributed by atoms with Crippen molar-refractivity contribution in [3.05, 3.63) is 65.2 Å². The summed E-state index contributed by atoms with van der Waals surface area (Å²) in [5.74, 6) is 0.410. The van der Waals surface area contributed by atoms with Crippen molar-refractivity contribution in [1.82, 2.24) is 0 Å². The van der Waals surface area contributed by atoms with Crippen LogP contribution in [-0.2, 0) is 5.41 Å². The number of benzene rings is 2. The van der Waals surface area contributed by atoms with Crippen molar-refractivity contribution < 1.29 is 5.11 Å². The van der Waals surface area contributed by atoms with Crippen LogP contribution in [0, 0.1) is 6.92 Å². The van der Waals surface area contributed by atoms with Crippen LogP contribution in [0.5, 0.6) is 5.75 Å². The zero-order valence-electron chi connectivity index (χ0n) is 12.7. The molecule has 0 bridgehead atoms. The molecule has 0 aromatic heterocycles. The van der Waals surface area contributed by atoms with E-state index >= 15 is 0 Å². The Balaban J connectivity index is 2.51. The van der Waals surface area contributed by atoms with Crippen LogP contribution in [0.4, 0.5) is 0 Å². The van der Waals surface area contributed by atoms with Crippen molar-refractivity contribution in [3.63, 3.8) is 0 Å². The number of aromatic hydroxyl groups is 1. The summed E-state index contributed by atoms with van der Waals surface area (Å²) < 4.78 is 0. The van der Waals surface area contributed by atoms with Crippen LogP contribution < -0.4 is 0 Å². The van der Waals surface area contributed by atoms with Gasteiger partial charge in [-0.05, 0) is 30.5 Å². The molecule has 106 valence electrons. The predicted octanol–water partition coefficient (Wildman–Crippen LogP) is 5.20. The number of aryl methyl sites for hydroxylation is 1. The van der Waals surface area contributed by atoms with E-state index in [0.29, 0.717) is 5.75 Å². The van der Waals surface area contributed by atoms with Gasteiger partial charge in [-0.3, -0.25) is 0 Å². The molecule has 2 rings (SSSR count). The number of unbranched alkanes of at least 4 members (excludes halogenated alkanes) is 1. The summed E-state index contributed by atoms with van der Waals surface area (Å²) in [5.41, 5.74) is 3.27. The third kappa shape index (κ3) is 2.87. The Kier molecular flexibility index (Phi) is 4.49. The molecule has 0 spiro atoms. The van der Waals surface area contributed by atoms with Crippen LogP contribution in [0.1, 0.15) is 49.8 Å². The minimum Gasteiger partial charge on any atom is -0.508 e. The molecule has 20 heavy (non-hydrogen) atoms. The van der Waals surface area contributed by atoms with E-state index in [9.17, 15) is 5.11 Å². The first-order chi connectivity index (χ1) is 9.58. The van der Waals surface area contributed by atoms with Crippen LogP contribution in [0.15, 0.2) is 48.5 Å². The number of rotatable bonds is 5. The first-order valence-corrected chi connectivity index (χ1v) is 7.43. The molecule has 2 aromatic rings. The maximum Gasteiger partial charge on any atom is 0.119 e. The second-order valence-electron chi connectivity index (χ2n) is 5.82. The van der Waals surface area contributed by atoms with E-state index in [1.807, 2.05) is 19.1 Å². The third-order valence-electron chi connectivity index (χ3n) is 4.19. The summed E-state index contributed by atoms with van der Waals surface area (Å²) in [6.45, 7) is 6.46. The Labute approximate surface area is 122 Å². The van der Waals surface area contributed by atoms with Gasteiger partial charge < -0.3 is 5.11 Å². The second kappa shape index (κ2) is 6.13. The van der Waals surface area contributed by atoms with Gasteiger partial charge in [-0.2, -0.15) is 0 Å². The van der Waals surface area contributed by atoms with E-state index in [1.54, 1.807) is 0 Å². The summed E-state index contributed by atoms with van der Waals surface area (Å²) in [4.78, 5) is 0. The highest BCUT2D eigenvalue weighted by Gasteiger charge is 2.30. The zero-order chi connectivity index (χ0) is 14.6. The fourth-order valence-corrected chi connectivity index (χ4v) is 2.88. The second-order valence-corrected chi connectivity index (χ2v) is 5.82. The Bertz CT molecular complexity index is 559. The summed E-state index contributed by atoms with van der Waals surface area (Å²) in [6.07, 6.45) is 3.36. The first-order valence-electron chi connectivity index (χ1n) is 7.43.